The first kappa shape index (κ1) is 17.0. The molecule has 0 unspecified atom stereocenters. The zero-order valence-corrected chi connectivity index (χ0v) is 15.4. The van der Waals surface area contributed by atoms with E-state index in [4.69, 9.17) is 0 Å². The third kappa shape index (κ3) is 3.87. The van der Waals surface area contributed by atoms with Gasteiger partial charge < -0.3 is 0 Å². The number of nitrogens with zero attached hydrogens (tertiary/aromatic N) is 4. The molecule has 2 aromatic carbocycles. The van der Waals surface area contributed by atoms with Crippen molar-refractivity contribution >= 4 is 0 Å². The van der Waals surface area contributed by atoms with Gasteiger partial charge in [0.2, 0.25) is 0 Å². The van der Waals surface area contributed by atoms with Gasteiger partial charge in [-0.3, -0.25) is 14.5 Å². The predicted molar refractivity (Wildman–Crippen MR) is 106 cm³/mol. The molecule has 0 atom stereocenters. The molecule has 0 bridgehead atoms. The number of aryl methyl sites for hydroxylation is 1. The topological polar surface area (TPSA) is 24.3 Å². The number of aromatic nitrogens is 2. The number of hydrogen-bond donors (Lipinski definition) is 0. The molecule has 1 fully saturated rings. The third-order valence-electron chi connectivity index (χ3n) is 5.23. The average molecular weight is 346 g/mol. The first-order valence-electron chi connectivity index (χ1n) is 9.34. The van der Waals surface area contributed by atoms with Crippen LogP contribution in [0, 0.1) is 0 Å². The summed E-state index contributed by atoms with van der Waals surface area (Å²) >= 11 is 0. The van der Waals surface area contributed by atoms with E-state index >= 15 is 0 Å². The minimum Gasteiger partial charge on any atom is -0.297 e. The van der Waals surface area contributed by atoms with Gasteiger partial charge in [0.25, 0.3) is 0 Å². The van der Waals surface area contributed by atoms with Gasteiger partial charge in [-0.05, 0) is 11.1 Å². The van der Waals surface area contributed by atoms with E-state index in [1.54, 1.807) is 0 Å². The lowest BCUT2D eigenvalue weighted by Gasteiger charge is -2.34. The molecule has 4 rings (SSSR count). The highest BCUT2D eigenvalue weighted by atomic mass is 15.3. The molecule has 0 spiro atoms. The van der Waals surface area contributed by atoms with Crippen molar-refractivity contribution in [2.45, 2.75) is 13.1 Å². The first-order valence-corrected chi connectivity index (χ1v) is 9.34. The second-order valence-electron chi connectivity index (χ2n) is 7.03. The fraction of sp³-hybridized carbons (Fsp3) is 0.318. The Morgan fingerprint density at radius 2 is 1.35 bits per heavy atom. The van der Waals surface area contributed by atoms with Crippen LogP contribution in [-0.4, -0.2) is 45.8 Å². The Labute approximate surface area is 155 Å². The summed E-state index contributed by atoms with van der Waals surface area (Å²) in [7, 11) is 2.05. The Kier molecular flexibility index (Phi) is 5.14. The second kappa shape index (κ2) is 7.85. The maximum Gasteiger partial charge on any atom is 0.0599 e. The van der Waals surface area contributed by atoms with Crippen LogP contribution in [0.4, 0.5) is 0 Å². The van der Waals surface area contributed by atoms with E-state index in [-0.39, 0.29) is 0 Å². The minimum atomic E-state index is 0.958. The SMILES string of the molecule is Cn1ncc(-c2ccccc2)c1CN1CCN(Cc2ccccc2)CC1. The lowest BCUT2D eigenvalue weighted by Crippen LogP contribution is -2.45. The predicted octanol–water partition coefficient (Wildman–Crippen LogP) is 3.40. The van der Waals surface area contributed by atoms with Crippen LogP contribution in [0.5, 0.6) is 0 Å². The first-order chi connectivity index (χ1) is 12.8. The third-order valence-corrected chi connectivity index (χ3v) is 5.23. The van der Waals surface area contributed by atoms with Crippen molar-refractivity contribution in [3.63, 3.8) is 0 Å². The summed E-state index contributed by atoms with van der Waals surface area (Å²) in [5.74, 6) is 0. The number of hydrogen-bond acceptors (Lipinski definition) is 3. The largest absolute Gasteiger partial charge is 0.297 e. The molecule has 2 heterocycles. The van der Waals surface area contributed by atoms with Crippen LogP contribution in [-0.2, 0) is 20.1 Å². The maximum absolute atomic E-state index is 4.51. The Balaban J connectivity index is 1.39. The number of rotatable bonds is 5. The van der Waals surface area contributed by atoms with Gasteiger partial charge in [-0.1, -0.05) is 60.7 Å². The van der Waals surface area contributed by atoms with Crippen LogP contribution in [0.15, 0.2) is 66.9 Å². The van der Waals surface area contributed by atoms with E-state index in [2.05, 4.69) is 75.6 Å². The van der Waals surface area contributed by atoms with E-state index in [1.165, 1.54) is 22.4 Å². The second-order valence-corrected chi connectivity index (χ2v) is 7.03. The summed E-state index contributed by atoms with van der Waals surface area (Å²) in [6.07, 6.45) is 2.00. The van der Waals surface area contributed by atoms with Crippen molar-refractivity contribution in [3.8, 4) is 11.1 Å². The van der Waals surface area contributed by atoms with Crippen molar-refractivity contribution in [3.05, 3.63) is 78.1 Å². The molecule has 3 aromatic rings. The van der Waals surface area contributed by atoms with E-state index in [1.807, 2.05) is 17.9 Å². The summed E-state index contributed by atoms with van der Waals surface area (Å²) in [5, 5.41) is 4.51. The molecule has 1 saturated heterocycles. The zero-order chi connectivity index (χ0) is 17.8. The molecule has 4 nitrogen and oxygen atoms in total. The van der Waals surface area contributed by atoms with Gasteiger partial charge in [-0.25, -0.2) is 0 Å². The summed E-state index contributed by atoms with van der Waals surface area (Å²) in [4.78, 5) is 5.10. The quantitative estimate of drug-likeness (QED) is 0.708. The lowest BCUT2D eigenvalue weighted by molar-refractivity contribution is 0.120. The molecule has 1 aliphatic heterocycles. The van der Waals surface area contributed by atoms with Crippen LogP contribution in [0.1, 0.15) is 11.3 Å². The van der Waals surface area contributed by atoms with Crippen molar-refractivity contribution in [1.29, 1.82) is 0 Å². The molecule has 0 N–H and O–H groups in total. The highest BCUT2D eigenvalue weighted by Crippen LogP contribution is 2.24. The van der Waals surface area contributed by atoms with E-state index in [0.717, 1.165) is 39.3 Å². The monoisotopic (exact) mass is 346 g/mol. The average Bonchev–Trinajstić information content (AvgIpc) is 3.05. The van der Waals surface area contributed by atoms with Gasteiger partial charge in [0.15, 0.2) is 0 Å². The minimum absolute atomic E-state index is 0.958. The summed E-state index contributed by atoms with van der Waals surface area (Å²) in [6.45, 7) is 6.45. The Bertz CT molecular complexity index is 818. The van der Waals surface area contributed by atoms with Crippen LogP contribution < -0.4 is 0 Å². The number of benzene rings is 2. The van der Waals surface area contributed by atoms with Crippen LogP contribution in [0.25, 0.3) is 11.1 Å². The van der Waals surface area contributed by atoms with Crippen molar-refractivity contribution < 1.29 is 0 Å². The van der Waals surface area contributed by atoms with Crippen molar-refractivity contribution in [2.75, 3.05) is 26.2 Å². The lowest BCUT2D eigenvalue weighted by atomic mass is 10.1. The molecule has 0 saturated carbocycles. The van der Waals surface area contributed by atoms with Crippen LogP contribution >= 0.6 is 0 Å². The fourth-order valence-corrected chi connectivity index (χ4v) is 3.67. The van der Waals surface area contributed by atoms with E-state index < -0.39 is 0 Å². The van der Waals surface area contributed by atoms with E-state index in [9.17, 15) is 0 Å². The van der Waals surface area contributed by atoms with Gasteiger partial charge in [-0.15, -0.1) is 0 Å². The summed E-state index contributed by atoms with van der Waals surface area (Å²) in [6, 6.07) is 21.3. The smallest absolute Gasteiger partial charge is 0.0599 e. The van der Waals surface area contributed by atoms with Gasteiger partial charge in [0.05, 0.1) is 11.9 Å². The summed E-state index contributed by atoms with van der Waals surface area (Å²) in [5.41, 5.74) is 5.20. The number of piperazine rings is 1. The van der Waals surface area contributed by atoms with Gasteiger partial charge >= 0.3 is 0 Å². The maximum atomic E-state index is 4.51. The molecule has 1 aliphatic rings. The fourth-order valence-electron chi connectivity index (χ4n) is 3.67. The standard InChI is InChI=1S/C22H26N4/c1-24-22(21(16-23-24)20-10-6-3-7-11-20)18-26-14-12-25(13-15-26)17-19-8-4-2-5-9-19/h2-11,16H,12-15,17-18H2,1H3. The molecular formula is C22H26N4. The molecular weight excluding hydrogens is 320 g/mol. The highest BCUT2D eigenvalue weighted by molar-refractivity contribution is 5.65. The molecule has 0 amide bonds. The zero-order valence-electron chi connectivity index (χ0n) is 15.4. The van der Waals surface area contributed by atoms with Crippen LogP contribution in [0.3, 0.4) is 0 Å². The van der Waals surface area contributed by atoms with Gasteiger partial charge in [0, 0.05) is 51.9 Å². The molecule has 1 aromatic heterocycles. The van der Waals surface area contributed by atoms with Gasteiger partial charge in [-0.2, -0.15) is 5.10 Å². The molecule has 0 aliphatic carbocycles. The summed E-state index contributed by atoms with van der Waals surface area (Å²) < 4.78 is 2.03. The normalized spacial score (nSPS) is 16.0. The molecule has 134 valence electrons. The Hall–Kier alpha value is -2.43. The molecule has 26 heavy (non-hydrogen) atoms. The molecule has 0 radical (unpaired) electrons. The van der Waals surface area contributed by atoms with E-state index in [0.29, 0.717) is 0 Å². The highest BCUT2D eigenvalue weighted by Gasteiger charge is 2.20. The Morgan fingerprint density at radius 1 is 0.769 bits per heavy atom. The van der Waals surface area contributed by atoms with Crippen LogP contribution in [0.2, 0.25) is 0 Å². The van der Waals surface area contributed by atoms with Crippen molar-refractivity contribution in [1.82, 2.24) is 19.6 Å². The Morgan fingerprint density at radius 3 is 2.00 bits per heavy atom. The van der Waals surface area contributed by atoms with Crippen molar-refractivity contribution in [2.24, 2.45) is 7.05 Å². The van der Waals surface area contributed by atoms with Gasteiger partial charge in [0.1, 0.15) is 0 Å². The molecule has 4 heteroatoms.